The van der Waals surface area contributed by atoms with Crippen molar-refractivity contribution < 1.29 is 14.6 Å². The molecular weight excluding hydrogens is 274 g/mol. The number of para-hydroxylation sites is 1. The van der Waals surface area contributed by atoms with Crippen LogP contribution in [0.4, 0.5) is 0 Å². The third kappa shape index (κ3) is 3.79. The first-order chi connectivity index (χ1) is 9.74. The lowest BCUT2D eigenvalue weighted by Gasteiger charge is -2.07. The zero-order valence-corrected chi connectivity index (χ0v) is 12.6. The maximum absolute atomic E-state index is 9.28. The zero-order valence-electron chi connectivity index (χ0n) is 11.8. The summed E-state index contributed by atoms with van der Waals surface area (Å²) in [4.78, 5) is 5.35. The molecule has 0 aliphatic rings. The Morgan fingerprint density at radius 1 is 1.30 bits per heavy atom. The molecule has 5 heteroatoms. The maximum Gasteiger partial charge on any atom is 0.122 e. The predicted molar refractivity (Wildman–Crippen MR) is 79.1 cm³/mol. The van der Waals surface area contributed by atoms with Gasteiger partial charge in [0.05, 0.1) is 35.4 Å². The fourth-order valence-corrected chi connectivity index (χ4v) is 2.80. The molecule has 0 spiro atoms. The first-order valence-electron chi connectivity index (χ1n) is 6.50. The van der Waals surface area contributed by atoms with Crippen molar-refractivity contribution >= 4 is 11.3 Å². The molecule has 0 saturated heterocycles. The second kappa shape index (κ2) is 7.38. The van der Waals surface area contributed by atoms with E-state index in [4.69, 9.17) is 9.47 Å². The summed E-state index contributed by atoms with van der Waals surface area (Å²) in [5.74, 6) is 0.906. The molecule has 4 nitrogen and oxygen atoms in total. The van der Waals surface area contributed by atoms with E-state index < -0.39 is 0 Å². The Balaban J connectivity index is 1.92. The van der Waals surface area contributed by atoms with Gasteiger partial charge >= 0.3 is 0 Å². The molecule has 0 fully saturated rings. The van der Waals surface area contributed by atoms with Crippen LogP contribution >= 0.6 is 11.3 Å². The molecule has 1 heterocycles. The van der Waals surface area contributed by atoms with Crippen molar-refractivity contribution in [2.45, 2.75) is 26.6 Å². The lowest BCUT2D eigenvalue weighted by Crippen LogP contribution is -2.02. The van der Waals surface area contributed by atoms with Crippen molar-refractivity contribution in [2.75, 3.05) is 13.7 Å². The number of thiazole rings is 1. The first kappa shape index (κ1) is 15.0. The van der Waals surface area contributed by atoms with Gasteiger partial charge in [0.2, 0.25) is 0 Å². The zero-order chi connectivity index (χ0) is 14.4. The molecule has 0 radical (unpaired) electrons. The van der Waals surface area contributed by atoms with Gasteiger partial charge in [0, 0.05) is 13.5 Å². The number of ether oxygens (including phenoxy) is 2. The third-order valence-corrected chi connectivity index (χ3v) is 4.06. The summed E-state index contributed by atoms with van der Waals surface area (Å²) in [7, 11) is 1.63. The number of benzene rings is 1. The van der Waals surface area contributed by atoms with E-state index in [1.807, 2.05) is 31.2 Å². The van der Waals surface area contributed by atoms with Gasteiger partial charge in [-0.05, 0) is 18.6 Å². The SMILES string of the molecule is COCc1nc(CCOc2ccccc2C)sc1CO. The topological polar surface area (TPSA) is 51.6 Å². The van der Waals surface area contributed by atoms with E-state index in [1.165, 1.54) is 11.3 Å². The summed E-state index contributed by atoms with van der Waals surface area (Å²) in [5.41, 5.74) is 1.95. The van der Waals surface area contributed by atoms with Gasteiger partial charge in [0.1, 0.15) is 5.75 Å². The monoisotopic (exact) mass is 293 g/mol. The van der Waals surface area contributed by atoms with Crippen molar-refractivity contribution in [3.05, 3.63) is 45.4 Å². The van der Waals surface area contributed by atoms with Crippen LogP contribution in [0.3, 0.4) is 0 Å². The van der Waals surface area contributed by atoms with Gasteiger partial charge in [0.25, 0.3) is 0 Å². The van der Waals surface area contributed by atoms with Crippen molar-refractivity contribution in [1.29, 1.82) is 0 Å². The predicted octanol–water partition coefficient (Wildman–Crippen LogP) is 2.71. The maximum atomic E-state index is 9.28. The molecular formula is C15H19NO3S. The Bertz CT molecular complexity index is 554. The van der Waals surface area contributed by atoms with Crippen molar-refractivity contribution in [2.24, 2.45) is 0 Å². The minimum Gasteiger partial charge on any atom is -0.493 e. The fourth-order valence-electron chi connectivity index (χ4n) is 1.88. The van der Waals surface area contributed by atoms with Gasteiger partial charge in [-0.15, -0.1) is 11.3 Å². The van der Waals surface area contributed by atoms with Crippen LogP contribution in [0.2, 0.25) is 0 Å². The molecule has 0 aliphatic carbocycles. The molecule has 0 aliphatic heterocycles. The molecule has 0 amide bonds. The number of aliphatic hydroxyl groups is 1. The smallest absolute Gasteiger partial charge is 0.122 e. The van der Waals surface area contributed by atoms with E-state index >= 15 is 0 Å². The molecule has 1 N–H and O–H groups in total. The Morgan fingerprint density at radius 3 is 2.80 bits per heavy atom. The fraction of sp³-hybridized carbons (Fsp3) is 0.400. The van der Waals surface area contributed by atoms with Crippen LogP contribution in [-0.2, 0) is 24.4 Å². The minimum atomic E-state index is 0.00894. The van der Waals surface area contributed by atoms with E-state index in [9.17, 15) is 5.11 Å². The van der Waals surface area contributed by atoms with Crippen LogP contribution < -0.4 is 4.74 Å². The van der Waals surface area contributed by atoms with Gasteiger partial charge in [-0.25, -0.2) is 4.98 Å². The molecule has 0 atom stereocenters. The molecule has 1 aromatic heterocycles. The molecule has 0 saturated carbocycles. The second-order valence-corrected chi connectivity index (χ2v) is 5.60. The van der Waals surface area contributed by atoms with E-state index in [-0.39, 0.29) is 6.61 Å². The van der Waals surface area contributed by atoms with Crippen LogP contribution in [0.1, 0.15) is 21.1 Å². The molecule has 2 rings (SSSR count). The minimum absolute atomic E-state index is 0.00894. The largest absolute Gasteiger partial charge is 0.493 e. The lowest BCUT2D eigenvalue weighted by atomic mass is 10.2. The van der Waals surface area contributed by atoms with Crippen LogP contribution in [0.15, 0.2) is 24.3 Å². The van der Waals surface area contributed by atoms with E-state index in [2.05, 4.69) is 4.98 Å². The number of nitrogens with zero attached hydrogens (tertiary/aromatic N) is 1. The summed E-state index contributed by atoms with van der Waals surface area (Å²) in [6, 6.07) is 7.95. The van der Waals surface area contributed by atoms with Crippen LogP contribution in [-0.4, -0.2) is 23.8 Å². The second-order valence-electron chi connectivity index (χ2n) is 4.43. The molecule has 1 aromatic carbocycles. The highest BCUT2D eigenvalue weighted by Crippen LogP contribution is 2.21. The van der Waals surface area contributed by atoms with Gasteiger partial charge in [-0.1, -0.05) is 18.2 Å². The number of aryl methyl sites for hydroxylation is 1. The number of aliphatic hydroxyl groups excluding tert-OH is 1. The van der Waals surface area contributed by atoms with Crippen molar-refractivity contribution in [3.63, 3.8) is 0 Å². The standard InChI is InChI=1S/C15H19NO3S/c1-11-5-3-4-6-13(11)19-8-7-15-16-12(10-18-2)14(9-17)20-15/h3-6,17H,7-10H2,1-2H3. The van der Waals surface area contributed by atoms with Gasteiger partial charge in [-0.2, -0.15) is 0 Å². The first-order valence-corrected chi connectivity index (χ1v) is 7.32. The van der Waals surface area contributed by atoms with Crippen LogP contribution in [0, 0.1) is 6.92 Å². The summed E-state index contributed by atoms with van der Waals surface area (Å²) in [5, 5.41) is 10.2. The average molecular weight is 293 g/mol. The van der Waals surface area contributed by atoms with Crippen molar-refractivity contribution in [3.8, 4) is 5.75 Å². The lowest BCUT2D eigenvalue weighted by molar-refractivity contribution is 0.178. The third-order valence-electron chi connectivity index (χ3n) is 2.91. The number of hydrogen-bond acceptors (Lipinski definition) is 5. The number of hydrogen-bond donors (Lipinski definition) is 1. The number of rotatable bonds is 7. The average Bonchev–Trinajstić information content (AvgIpc) is 2.84. The number of aromatic nitrogens is 1. The van der Waals surface area contributed by atoms with E-state index in [1.54, 1.807) is 7.11 Å². The van der Waals surface area contributed by atoms with Crippen LogP contribution in [0.25, 0.3) is 0 Å². The highest BCUT2D eigenvalue weighted by Gasteiger charge is 2.10. The summed E-state index contributed by atoms with van der Waals surface area (Å²) < 4.78 is 10.8. The Hall–Kier alpha value is -1.43. The normalized spacial score (nSPS) is 10.8. The molecule has 108 valence electrons. The van der Waals surface area contributed by atoms with Gasteiger partial charge < -0.3 is 14.6 Å². The molecule has 0 bridgehead atoms. The van der Waals surface area contributed by atoms with Gasteiger partial charge in [-0.3, -0.25) is 0 Å². The quantitative estimate of drug-likeness (QED) is 0.853. The molecule has 20 heavy (non-hydrogen) atoms. The highest BCUT2D eigenvalue weighted by molar-refractivity contribution is 7.11. The van der Waals surface area contributed by atoms with E-state index in [0.717, 1.165) is 33.3 Å². The summed E-state index contributed by atoms with van der Waals surface area (Å²) in [6.07, 6.45) is 0.732. The molecule has 2 aromatic rings. The Kier molecular flexibility index (Phi) is 5.52. The molecule has 0 unspecified atom stereocenters. The van der Waals surface area contributed by atoms with Gasteiger partial charge in [0.15, 0.2) is 0 Å². The Morgan fingerprint density at radius 2 is 2.10 bits per heavy atom. The van der Waals surface area contributed by atoms with Crippen LogP contribution in [0.5, 0.6) is 5.75 Å². The van der Waals surface area contributed by atoms with Crippen molar-refractivity contribution in [1.82, 2.24) is 4.98 Å². The number of methoxy groups -OCH3 is 1. The summed E-state index contributed by atoms with van der Waals surface area (Å²) >= 11 is 1.52. The summed E-state index contributed by atoms with van der Waals surface area (Å²) in [6.45, 7) is 3.05. The Labute approximate surface area is 123 Å². The van der Waals surface area contributed by atoms with E-state index in [0.29, 0.717) is 13.2 Å². The highest BCUT2D eigenvalue weighted by atomic mass is 32.1.